The van der Waals surface area contributed by atoms with Gasteiger partial charge in [-0.25, -0.2) is 15.4 Å². The topological polar surface area (TPSA) is 66.0 Å². The normalized spacial score (nSPS) is 16.2. The van der Waals surface area contributed by atoms with Gasteiger partial charge in [0, 0.05) is 6.54 Å². The quantitative estimate of drug-likeness (QED) is 0.587. The zero-order valence-electron chi connectivity index (χ0n) is 8.03. The van der Waals surface area contributed by atoms with E-state index in [0.717, 1.165) is 13.0 Å². The molecule has 0 radical (unpaired) electrons. The number of amidine groups is 1. The summed E-state index contributed by atoms with van der Waals surface area (Å²) < 4.78 is 0. The van der Waals surface area contributed by atoms with Crippen LogP contribution in [0.15, 0.2) is 9.98 Å². The van der Waals surface area contributed by atoms with Gasteiger partial charge >= 0.3 is 0 Å². The molecule has 0 aliphatic carbocycles. The monoisotopic (exact) mass is 183 g/mol. The van der Waals surface area contributed by atoms with Gasteiger partial charge in [-0.15, -0.1) is 0 Å². The molecule has 0 unspecified atom stereocenters. The van der Waals surface area contributed by atoms with Crippen LogP contribution in [-0.2, 0) is 0 Å². The standard InChI is InChI=1S/C8H17N5/c1-2-3-4-12-13-6-10-8(5-9)11-7-13/h6,12H,2-5,7,9H2,1H3. The Morgan fingerprint density at radius 1 is 1.69 bits per heavy atom. The van der Waals surface area contributed by atoms with Crippen LogP contribution >= 0.6 is 0 Å². The van der Waals surface area contributed by atoms with Crippen molar-refractivity contribution < 1.29 is 0 Å². The van der Waals surface area contributed by atoms with E-state index in [0.29, 0.717) is 19.0 Å². The Morgan fingerprint density at radius 2 is 2.54 bits per heavy atom. The van der Waals surface area contributed by atoms with E-state index in [1.165, 1.54) is 6.42 Å². The second-order valence-corrected chi connectivity index (χ2v) is 2.90. The highest BCUT2D eigenvalue weighted by atomic mass is 15.5. The molecule has 5 heteroatoms. The minimum absolute atomic E-state index is 0.416. The number of hydrogen-bond donors (Lipinski definition) is 2. The SMILES string of the molecule is CCCCNN1C=NC(CN)=NC1. The number of rotatable bonds is 5. The first-order valence-corrected chi connectivity index (χ1v) is 4.64. The van der Waals surface area contributed by atoms with Gasteiger partial charge in [0.2, 0.25) is 0 Å². The molecule has 0 saturated heterocycles. The Balaban J connectivity index is 2.19. The molecule has 74 valence electrons. The third kappa shape index (κ3) is 3.52. The summed E-state index contributed by atoms with van der Waals surface area (Å²) in [5.41, 5.74) is 8.59. The number of nitrogens with two attached hydrogens (primary N) is 1. The van der Waals surface area contributed by atoms with Gasteiger partial charge in [-0.3, -0.25) is 5.01 Å². The van der Waals surface area contributed by atoms with E-state index >= 15 is 0 Å². The smallest absolute Gasteiger partial charge is 0.140 e. The van der Waals surface area contributed by atoms with E-state index in [1.807, 2.05) is 5.01 Å². The highest BCUT2D eigenvalue weighted by Gasteiger charge is 2.03. The van der Waals surface area contributed by atoms with Gasteiger partial charge in [-0.05, 0) is 6.42 Å². The van der Waals surface area contributed by atoms with Crippen molar-refractivity contribution in [2.24, 2.45) is 15.7 Å². The van der Waals surface area contributed by atoms with Gasteiger partial charge in [0.1, 0.15) is 18.8 Å². The first kappa shape index (κ1) is 10.1. The third-order valence-electron chi connectivity index (χ3n) is 1.78. The molecule has 0 bridgehead atoms. The highest BCUT2D eigenvalue weighted by molar-refractivity contribution is 5.91. The predicted molar refractivity (Wildman–Crippen MR) is 54.6 cm³/mol. The lowest BCUT2D eigenvalue weighted by Gasteiger charge is -2.21. The van der Waals surface area contributed by atoms with E-state index in [-0.39, 0.29) is 0 Å². The average Bonchev–Trinajstić information content (AvgIpc) is 2.19. The van der Waals surface area contributed by atoms with Crippen molar-refractivity contribution >= 4 is 12.2 Å². The van der Waals surface area contributed by atoms with Gasteiger partial charge in [0.05, 0.1) is 6.54 Å². The second kappa shape index (κ2) is 5.66. The van der Waals surface area contributed by atoms with Crippen LogP contribution in [0.3, 0.4) is 0 Å². The molecule has 0 amide bonds. The van der Waals surface area contributed by atoms with Crippen LogP contribution in [0.2, 0.25) is 0 Å². The fourth-order valence-electron chi connectivity index (χ4n) is 0.979. The van der Waals surface area contributed by atoms with E-state index in [1.54, 1.807) is 6.34 Å². The van der Waals surface area contributed by atoms with Crippen LogP contribution in [0.4, 0.5) is 0 Å². The number of hydrogen-bond acceptors (Lipinski definition) is 5. The maximum atomic E-state index is 5.39. The van der Waals surface area contributed by atoms with Crippen molar-refractivity contribution in [1.29, 1.82) is 0 Å². The molecule has 0 aromatic carbocycles. The van der Waals surface area contributed by atoms with Crippen LogP contribution in [0.5, 0.6) is 0 Å². The van der Waals surface area contributed by atoms with Crippen molar-refractivity contribution in [3.8, 4) is 0 Å². The molecule has 0 atom stereocenters. The van der Waals surface area contributed by atoms with Crippen molar-refractivity contribution in [3.05, 3.63) is 0 Å². The fourth-order valence-corrected chi connectivity index (χ4v) is 0.979. The Bertz CT molecular complexity index is 199. The molecular formula is C8H17N5. The van der Waals surface area contributed by atoms with E-state index < -0.39 is 0 Å². The van der Waals surface area contributed by atoms with Gasteiger partial charge in [-0.1, -0.05) is 13.3 Å². The molecule has 0 fully saturated rings. The van der Waals surface area contributed by atoms with E-state index in [2.05, 4.69) is 22.3 Å². The van der Waals surface area contributed by atoms with Gasteiger partial charge in [0.25, 0.3) is 0 Å². The average molecular weight is 183 g/mol. The number of hydrazine groups is 1. The zero-order chi connectivity index (χ0) is 9.52. The first-order valence-electron chi connectivity index (χ1n) is 4.64. The molecule has 0 aromatic rings. The first-order chi connectivity index (χ1) is 6.36. The van der Waals surface area contributed by atoms with Crippen molar-refractivity contribution in [2.45, 2.75) is 19.8 Å². The Morgan fingerprint density at radius 3 is 3.08 bits per heavy atom. The molecule has 5 nitrogen and oxygen atoms in total. The molecule has 13 heavy (non-hydrogen) atoms. The minimum Gasteiger partial charge on any atom is -0.324 e. The Kier molecular flexibility index (Phi) is 4.42. The molecule has 3 N–H and O–H groups in total. The van der Waals surface area contributed by atoms with Crippen molar-refractivity contribution in [3.63, 3.8) is 0 Å². The summed E-state index contributed by atoms with van der Waals surface area (Å²) in [6.45, 7) is 4.16. The molecule has 0 saturated carbocycles. The maximum Gasteiger partial charge on any atom is 0.140 e. The fraction of sp³-hybridized carbons (Fsp3) is 0.750. The highest BCUT2D eigenvalue weighted by Crippen LogP contribution is 1.91. The summed E-state index contributed by atoms with van der Waals surface area (Å²) in [6.07, 6.45) is 4.10. The van der Waals surface area contributed by atoms with Crippen molar-refractivity contribution in [1.82, 2.24) is 10.4 Å². The molecular weight excluding hydrogens is 166 g/mol. The Hall–Kier alpha value is -0.940. The van der Waals surface area contributed by atoms with E-state index in [4.69, 9.17) is 5.73 Å². The zero-order valence-corrected chi connectivity index (χ0v) is 8.03. The molecule has 1 rings (SSSR count). The van der Waals surface area contributed by atoms with Crippen molar-refractivity contribution in [2.75, 3.05) is 19.8 Å². The molecule has 0 aromatic heterocycles. The van der Waals surface area contributed by atoms with Gasteiger partial charge < -0.3 is 5.73 Å². The van der Waals surface area contributed by atoms with Crippen LogP contribution in [0, 0.1) is 0 Å². The van der Waals surface area contributed by atoms with Crippen LogP contribution in [0.25, 0.3) is 0 Å². The molecule has 1 aliphatic rings. The lowest BCUT2D eigenvalue weighted by Crippen LogP contribution is -2.40. The summed E-state index contributed by atoms with van der Waals surface area (Å²) in [6, 6.07) is 0. The molecule has 1 aliphatic heterocycles. The number of aliphatic imine (C=N–C) groups is 2. The van der Waals surface area contributed by atoms with Crippen LogP contribution in [0.1, 0.15) is 19.8 Å². The third-order valence-corrected chi connectivity index (χ3v) is 1.78. The molecule has 0 spiro atoms. The molecule has 1 heterocycles. The summed E-state index contributed by atoms with van der Waals surface area (Å²) >= 11 is 0. The minimum atomic E-state index is 0.416. The summed E-state index contributed by atoms with van der Waals surface area (Å²) in [7, 11) is 0. The number of unbranched alkanes of at least 4 members (excludes halogenated alkanes) is 1. The lowest BCUT2D eigenvalue weighted by atomic mass is 10.3. The summed E-state index contributed by atoms with van der Waals surface area (Å²) in [5, 5.41) is 1.87. The lowest BCUT2D eigenvalue weighted by molar-refractivity contribution is 0.319. The Labute approximate surface area is 78.7 Å². The number of nitrogens with one attached hydrogen (secondary N) is 1. The maximum absolute atomic E-state index is 5.39. The number of nitrogens with zero attached hydrogens (tertiary/aromatic N) is 3. The van der Waals surface area contributed by atoms with Crippen LogP contribution in [-0.4, -0.2) is 36.9 Å². The van der Waals surface area contributed by atoms with E-state index in [9.17, 15) is 0 Å². The van der Waals surface area contributed by atoms with Gasteiger partial charge in [0.15, 0.2) is 0 Å². The van der Waals surface area contributed by atoms with Gasteiger partial charge in [-0.2, -0.15) is 0 Å². The second-order valence-electron chi connectivity index (χ2n) is 2.90. The largest absolute Gasteiger partial charge is 0.324 e. The summed E-state index contributed by atoms with van der Waals surface area (Å²) in [5.74, 6) is 0.716. The predicted octanol–water partition coefficient (Wildman–Crippen LogP) is -0.0503. The van der Waals surface area contributed by atoms with Crippen LogP contribution < -0.4 is 11.2 Å². The summed E-state index contributed by atoms with van der Waals surface area (Å²) in [4.78, 5) is 8.24.